The number of phenolic OH excluding ortho intramolecular Hbond substituents is 3. The van der Waals surface area contributed by atoms with Gasteiger partial charge >= 0.3 is 11.9 Å². The number of carboxylic acids is 2. The van der Waals surface area contributed by atoms with Gasteiger partial charge in [-0.1, -0.05) is 62.2 Å². The standard InChI is InChI=1S/C73H84Cl2N6O27/c1-7-30(14-28(2)3)66(94)80-57-44(86)18-35(21-52(76)88)67(95)78-55-34-19-48(104-46-12-9-32(59(57)89)16-40(46)74)63(108-72-64(62(92)61(91)51(27-82)106-72)107-53-25-73(5,65(93)29(4)103-53)77-26-50(102-6)70(98)99)49(20-34)105-47-13-10-33(17-41(47)75)60(90)58-69(97)79-56(71(100)101)39-22-36(83)23-43(85)54(39)38-15-31(8-11-42(38)84)37(24-45(55)87)68(96)81-58/h8-13,15-17,19-20,22-23,28-30,35,37,50-51,53,55-62,64-65,72,77,82-85,89-93H,7,14,18,21,24-27H2,1-6H3,(H2,76,88)(H,78,95)(H,79,97)(H,80,94)(H,81,96)(H,98,99)(H,100,101)/t29?,30-,35+,37?,50?,51?,53?,55-,56-,57?,58+,59-,60-,61?,62?,64?,65?,72?,73?/m1/s1. The van der Waals surface area contributed by atoms with Crippen molar-refractivity contribution in [2.75, 3.05) is 20.3 Å². The summed E-state index contributed by atoms with van der Waals surface area (Å²) in [5, 5.41) is 138. The van der Waals surface area contributed by atoms with Crippen LogP contribution < -0.4 is 46.5 Å². The summed E-state index contributed by atoms with van der Waals surface area (Å²) < 4.78 is 44.0. The Morgan fingerprint density at radius 1 is 0.741 bits per heavy atom. The molecule has 0 aliphatic carbocycles. The SMILES string of the molecule is CC[C@H](CC(C)C)C(=O)NC1C(=O)C[C@@H](CC(N)=O)C(=O)N[C@H]2C(=O)CC3C(=O)N[C@H](C(=O)N[C@@H](C(=O)O)c4cc(O)cc(O)c4-c4cc3ccc4O)[C@H](O)c3ccc(c(Cl)c3)Oc3cc2cc(c3OC2OC(CO)C(O)C(O)C2OC2CC(C)(NCC(OC)C(=O)O)C(O)C(C)O2)Oc2ccc(cc2Cl)[C@H]1O. The first-order valence-corrected chi connectivity index (χ1v) is 35.2. The zero-order valence-electron chi connectivity index (χ0n) is 58.9. The Morgan fingerprint density at radius 3 is 1.96 bits per heavy atom. The van der Waals surface area contributed by atoms with Crippen LogP contribution >= 0.6 is 23.2 Å². The number of carboxylic acid groups (broad SMARTS) is 2. The molecule has 5 aromatic carbocycles. The molecule has 0 radical (unpaired) electrons. The van der Waals surface area contributed by atoms with Gasteiger partial charge in [0.05, 0.1) is 40.7 Å². The number of ketones is 2. The average molecular weight is 1550 g/mol. The summed E-state index contributed by atoms with van der Waals surface area (Å²) in [7, 11) is 1.16. The van der Waals surface area contributed by atoms with Crippen LogP contribution in [0.1, 0.15) is 131 Å². The molecule has 7 heterocycles. The Balaban J connectivity index is 1.22. The maximum Gasteiger partial charge on any atom is 0.334 e. The number of aliphatic hydroxyl groups is 6. The molecule has 5 aromatic rings. The number of nitrogens with one attached hydrogen (secondary N) is 5. The molecule has 11 bridgehead atoms. The number of benzene rings is 5. The normalized spacial score (nSPS) is 28.7. The van der Waals surface area contributed by atoms with E-state index in [1.807, 2.05) is 13.8 Å². The number of hydrogen-bond acceptors (Lipinski definition) is 26. The summed E-state index contributed by atoms with van der Waals surface area (Å²) in [5.41, 5.74) is 1.80. The number of carbonyl (C=O) groups is 9. The topological polar surface area (TPSA) is 527 Å². The molecule has 2 fully saturated rings. The molecule has 35 heteroatoms. The van der Waals surface area contributed by atoms with Crippen LogP contribution in [0.15, 0.2) is 78.9 Å². The van der Waals surface area contributed by atoms with Gasteiger partial charge in [-0.05, 0) is 109 Å². The highest BCUT2D eigenvalue weighted by molar-refractivity contribution is 6.32. The fourth-order valence-electron chi connectivity index (χ4n) is 14.0. The first-order chi connectivity index (χ1) is 51.0. The van der Waals surface area contributed by atoms with E-state index >= 15 is 19.2 Å². The molecule has 19 atom stereocenters. The van der Waals surface area contributed by atoms with Crippen LogP contribution in [0.25, 0.3) is 11.1 Å². The van der Waals surface area contributed by atoms with Gasteiger partial charge in [0.15, 0.2) is 47.6 Å². The van der Waals surface area contributed by atoms with Gasteiger partial charge in [-0.2, -0.15) is 0 Å². The number of hydrogen-bond donors (Lipinski definition) is 17. The van der Waals surface area contributed by atoms with Crippen molar-refractivity contribution in [1.82, 2.24) is 26.6 Å². The van der Waals surface area contributed by atoms with E-state index in [0.29, 0.717) is 6.42 Å². The van der Waals surface area contributed by atoms with Crippen LogP contribution in [-0.2, 0) is 62.1 Å². The fourth-order valence-corrected chi connectivity index (χ4v) is 14.4. The third kappa shape index (κ3) is 17.5. The number of ether oxygens (including phenoxy) is 7. The minimum Gasteiger partial charge on any atom is -0.508 e. The quantitative estimate of drug-likeness (QED) is 0.0598. The van der Waals surface area contributed by atoms with Gasteiger partial charge in [0.2, 0.25) is 41.6 Å². The van der Waals surface area contributed by atoms with Gasteiger partial charge in [-0.25, -0.2) is 9.59 Å². The minimum absolute atomic E-state index is 0.0318. The van der Waals surface area contributed by atoms with Crippen LogP contribution in [0.3, 0.4) is 0 Å². The lowest BCUT2D eigenvalue weighted by Gasteiger charge is -2.48. The predicted molar refractivity (Wildman–Crippen MR) is 375 cm³/mol. The third-order valence-electron chi connectivity index (χ3n) is 19.8. The largest absolute Gasteiger partial charge is 0.508 e. The predicted octanol–water partition coefficient (Wildman–Crippen LogP) is 3.25. The van der Waals surface area contributed by atoms with Gasteiger partial charge in [-0.3, -0.25) is 33.6 Å². The molecule has 7 aliphatic heterocycles. The summed E-state index contributed by atoms with van der Waals surface area (Å²) in [6.45, 7) is 7.09. The van der Waals surface area contributed by atoms with Gasteiger partial charge in [0.1, 0.15) is 77.4 Å². The molecular weight excluding hydrogens is 1460 g/mol. The average Bonchev–Trinajstić information content (AvgIpc) is 0.798. The second kappa shape index (κ2) is 33.7. The maximum atomic E-state index is 16.2. The maximum absolute atomic E-state index is 16.2. The lowest BCUT2D eigenvalue weighted by molar-refractivity contribution is -0.334. The third-order valence-corrected chi connectivity index (χ3v) is 20.4. The van der Waals surface area contributed by atoms with Crippen LogP contribution in [0.5, 0.6) is 46.0 Å². The second-order valence-electron chi connectivity index (χ2n) is 27.9. The van der Waals surface area contributed by atoms with Crippen molar-refractivity contribution in [2.24, 2.45) is 23.5 Å². The molecule has 0 aromatic heterocycles. The first kappa shape index (κ1) is 81.2. The van der Waals surface area contributed by atoms with Crippen molar-refractivity contribution < 1.29 is 132 Å². The fraction of sp³-hybridized carbons (Fsp3) is 0.466. The van der Waals surface area contributed by atoms with Crippen molar-refractivity contribution in [3.05, 3.63) is 117 Å². The summed E-state index contributed by atoms with van der Waals surface area (Å²) in [6.07, 6.45) is -22.3. The van der Waals surface area contributed by atoms with Crippen LogP contribution in [0.4, 0.5) is 0 Å². The molecule has 0 spiro atoms. The molecule has 582 valence electrons. The highest BCUT2D eigenvalue weighted by atomic mass is 35.5. The zero-order valence-corrected chi connectivity index (χ0v) is 60.4. The lowest BCUT2D eigenvalue weighted by Crippen LogP contribution is -2.66. The second-order valence-corrected chi connectivity index (χ2v) is 28.7. The van der Waals surface area contributed by atoms with Crippen molar-refractivity contribution >= 4 is 76.2 Å². The summed E-state index contributed by atoms with van der Waals surface area (Å²) in [6, 6.07) is 5.32. The summed E-state index contributed by atoms with van der Waals surface area (Å²) >= 11 is 14.2. The van der Waals surface area contributed by atoms with E-state index < -0.39 is 261 Å². The first-order valence-electron chi connectivity index (χ1n) is 34.5. The Hall–Kier alpha value is -9.33. The molecule has 7 aliphatic rings. The van der Waals surface area contributed by atoms with E-state index in [-0.39, 0.29) is 52.8 Å². The number of aromatic hydroxyl groups is 3. The van der Waals surface area contributed by atoms with Crippen molar-refractivity contribution in [3.63, 3.8) is 0 Å². The van der Waals surface area contributed by atoms with E-state index in [4.69, 9.17) is 62.1 Å². The van der Waals surface area contributed by atoms with E-state index in [1.54, 1.807) is 6.92 Å². The zero-order chi connectivity index (χ0) is 78.8. The molecular formula is C73H84Cl2N6O27. The number of Topliss-reactive ketones (excluding diaryl/α,β-unsaturated/α-hetero) is 2. The summed E-state index contributed by atoms with van der Waals surface area (Å²) in [5.74, 6) is -20.8. The number of halogens is 2. The minimum atomic E-state index is -2.27. The number of methoxy groups -OCH3 is 1. The molecule has 12 rings (SSSR count). The van der Waals surface area contributed by atoms with Gasteiger partial charge < -0.3 is 122 Å². The van der Waals surface area contributed by atoms with E-state index in [1.165, 1.54) is 26.0 Å². The van der Waals surface area contributed by atoms with Crippen molar-refractivity contribution in [2.45, 2.75) is 176 Å². The number of phenols is 3. The molecule has 2 saturated heterocycles. The van der Waals surface area contributed by atoms with Crippen molar-refractivity contribution in [3.8, 4) is 57.1 Å². The van der Waals surface area contributed by atoms with E-state index in [0.717, 1.165) is 73.8 Å². The number of aliphatic carboxylic acids is 2. The number of nitrogens with two attached hydrogens (primary N) is 1. The molecule has 5 amide bonds. The number of fused-ring (bicyclic) bond motifs is 15. The number of aliphatic hydroxyl groups excluding tert-OH is 6. The Morgan fingerprint density at radius 2 is 1.38 bits per heavy atom. The van der Waals surface area contributed by atoms with Gasteiger partial charge in [0.25, 0.3) is 0 Å². The monoisotopic (exact) mass is 1550 g/mol. The van der Waals surface area contributed by atoms with Crippen LogP contribution in [-0.4, -0.2) is 202 Å². The van der Waals surface area contributed by atoms with E-state index in [9.17, 15) is 80.1 Å². The Bertz CT molecular complexity index is 4300. The highest BCUT2D eigenvalue weighted by Gasteiger charge is 2.52. The number of primary amides is 1. The van der Waals surface area contributed by atoms with Crippen molar-refractivity contribution in [1.29, 1.82) is 0 Å². The summed E-state index contributed by atoms with van der Waals surface area (Å²) in [4.78, 5) is 130. The van der Waals surface area contributed by atoms with Gasteiger partial charge in [-0.15, -0.1) is 0 Å². The van der Waals surface area contributed by atoms with E-state index in [2.05, 4.69) is 26.6 Å². The Labute approximate surface area is 626 Å². The van der Waals surface area contributed by atoms with Crippen LogP contribution in [0, 0.1) is 17.8 Å². The molecule has 108 heavy (non-hydrogen) atoms. The molecule has 12 unspecified atom stereocenters. The lowest BCUT2D eigenvalue weighted by atomic mass is 9.84. The highest BCUT2D eigenvalue weighted by Crippen LogP contribution is 2.50. The Kier molecular flexibility index (Phi) is 25.3. The smallest absolute Gasteiger partial charge is 0.334 e. The molecule has 0 saturated carbocycles. The van der Waals surface area contributed by atoms with Gasteiger partial charge in [0, 0.05) is 73.6 Å². The molecule has 18 N–H and O–H groups in total. The molecule has 33 nitrogen and oxygen atoms in total. The number of carbonyl (C=O) groups excluding carboxylic acids is 7. The number of amides is 5. The number of rotatable bonds is 18. The van der Waals surface area contributed by atoms with Crippen LogP contribution in [0.2, 0.25) is 10.0 Å².